The van der Waals surface area contributed by atoms with Gasteiger partial charge in [-0.3, -0.25) is 18.8 Å². The molecule has 0 radical (unpaired) electrons. The van der Waals surface area contributed by atoms with E-state index in [9.17, 15) is 14.4 Å². The number of halogens is 1. The number of likely N-dealkylation sites (tertiary alicyclic amines) is 1. The smallest absolute Gasteiger partial charge is 0.332 e. The van der Waals surface area contributed by atoms with Crippen molar-refractivity contribution in [3.05, 3.63) is 91.3 Å². The Kier molecular flexibility index (Phi) is 7.64. The number of aromatic nitrogens is 5. The number of rotatable bonds is 6. The van der Waals surface area contributed by atoms with Crippen molar-refractivity contribution in [2.75, 3.05) is 32.1 Å². The third-order valence-corrected chi connectivity index (χ3v) is 10.9. The number of nitrogens with zero attached hydrogens (tertiary/aromatic N) is 6. The van der Waals surface area contributed by atoms with Crippen LogP contribution in [0, 0.1) is 6.92 Å². The van der Waals surface area contributed by atoms with Gasteiger partial charge < -0.3 is 20.7 Å². The standard InChI is InChI=1S/C36H36ClN9O4/c1-19-21(7-6-10-24(19)41-30-28-31(40-18-39-30)44(2)35(49)45(3)33(28)47)22-8-5-9-23(29(22)37)25-15-20-11-12-26(27(20)32(42-25)50-4)46-14-13-36(17-46)16-38-34(48)43-36/h5-10,15,18,26H,11-14,16-17H2,1-4H3,(H2,38,43,48)(H,39,40,41)/t26-,36+/m0/s1. The van der Waals surface area contributed by atoms with Gasteiger partial charge in [0.25, 0.3) is 5.56 Å². The summed E-state index contributed by atoms with van der Waals surface area (Å²) >= 11 is 7.22. The first-order valence-electron chi connectivity index (χ1n) is 16.5. The minimum absolute atomic E-state index is 0.0968. The van der Waals surface area contributed by atoms with E-state index in [1.807, 2.05) is 43.3 Å². The van der Waals surface area contributed by atoms with Crippen molar-refractivity contribution >= 4 is 40.2 Å². The molecule has 2 fully saturated rings. The van der Waals surface area contributed by atoms with Gasteiger partial charge in [-0.1, -0.05) is 41.9 Å². The SMILES string of the molecule is COc1nc(-c2cccc(-c3cccc(Nc4ncnc5c4c(=O)n(C)c(=O)n5C)c3C)c2Cl)cc2c1[C@@H](N1CC[C@@]3(CNC(=O)N3)C1)CC2. The summed E-state index contributed by atoms with van der Waals surface area (Å²) in [6.45, 7) is 4.29. The van der Waals surface area contributed by atoms with Crippen LogP contribution in [0.25, 0.3) is 33.4 Å². The quantitative estimate of drug-likeness (QED) is 0.238. The fraction of sp³-hybridized carbons (Fsp3) is 0.333. The Morgan fingerprint density at radius 2 is 1.82 bits per heavy atom. The first-order chi connectivity index (χ1) is 24.1. The lowest BCUT2D eigenvalue weighted by atomic mass is 9.96. The van der Waals surface area contributed by atoms with Crippen LogP contribution in [-0.2, 0) is 20.5 Å². The monoisotopic (exact) mass is 693 g/mol. The maximum Gasteiger partial charge on any atom is 0.332 e. The van der Waals surface area contributed by atoms with Gasteiger partial charge in [0.1, 0.15) is 17.5 Å². The zero-order valence-electron chi connectivity index (χ0n) is 28.1. The van der Waals surface area contributed by atoms with Crippen LogP contribution in [-0.4, -0.2) is 67.3 Å². The lowest BCUT2D eigenvalue weighted by Crippen LogP contribution is -2.46. The number of aryl methyl sites for hydroxylation is 2. The van der Waals surface area contributed by atoms with E-state index >= 15 is 0 Å². The zero-order valence-corrected chi connectivity index (χ0v) is 28.9. The number of benzene rings is 2. The third-order valence-electron chi connectivity index (χ3n) is 10.5. The summed E-state index contributed by atoms with van der Waals surface area (Å²) in [4.78, 5) is 53.6. The van der Waals surface area contributed by atoms with Gasteiger partial charge in [-0.15, -0.1) is 0 Å². The Hall–Kier alpha value is -5.27. The van der Waals surface area contributed by atoms with Crippen LogP contribution in [0.15, 0.2) is 58.4 Å². The minimum atomic E-state index is -0.483. The number of amides is 2. The van der Waals surface area contributed by atoms with Crippen LogP contribution < -0.4 is 31.9 Å². The highest BCUT2D eigenvalue weighted by atomic mass is 35.5. The minimum Gasteiger partial charge on any atom is -0.481 e. The number of nitrogens with one attached hydrogen (secondary N) is 3. The molecule has 0 saturated carbocycles. The highest BCUT2D eigenvalue weighted by Crippen LogP contribution is 2.46. The molecule has 2 aliphatic heterocycles. The normalized spacial score (nSPS) is 19.9. The van der Waals surface area contributed by atoms with E-state index in [0.29, 0.717) is 23.3 Å². The number of hydrogen-bond acceptors (Lipinski definition) is 9. The predicted molar refractivity (Wildman–Crippen MR) is 191 cm³/mol. The Morgan fingerprint density at radius 3 is 2.60 bits per heavy atom. The van der Waals surface area contributed by atoms with Gasteiger partial charge in [0.05, 0.1) is 23.4 Å². The van der Waals surface area contributed by atoms with E-state index < -0.39 is 11.2 Å². The molecular formula is C36H36ClN9O4. The van der Waals surface area contributed by atoms with E-state index in [4.69, 9.17) is 21.3 Å². The second-order valence-corrected chi connectivity index (χ2v) is 13.7. The number of anilines is 2. The van der Waals surface area contributed by atoms with Crippen molar-refractivity contribution in [2.24, 2.45) is 14.1 Å². The van der Waals surface area contributed by atoms with Crippen LogP contribution >= 0.6 is 11.6 Å². The molecule has 2 aromatic carbocycles. The second kappa shape index (κ2) is 12.0. The van der Waals surface area contributed by atoms with Gasteiger partial charge in [-0.2, -0.15) is 0 Å². The molecule has 5 aromatic rings. The van der Waals surface area contributed by atoms with Gasteiger partial charge in [-0.05, 0) is 55.0 Å². The molecule has 5 heterocycles. The predicted octanol–water partition coefficient (Wildman–Crippen LogP) is 4.21. The van der Waals surface area contributed by atoms with Gasteiger partial charge in [-0.25, -0.2) is 24.5 Å². The van der Waals surface area contributed by atoms with E-state index in [0.717, 1.165) is 76.1 Å². The number of carbonyl (C=O) groups is 1. The van der Waals surface area contributed by atoms with Crippen molar-refractivity contribution < 1.29 is 9.53 Å². The lowest BCUT2D eigenvalue weighted by Gasteiger charge is -2.28. The molecule has 14 heteroatoms. The van der Waals surface area contributed by atoms with E-state index in [-0.39, 0.29) is 28.6 Å². The molecule has 256 valence electrons. The van der Waals surface area contributed by atoms with E-state index in [1.54, 1.807) is 14.2 Å². The summed E-state index contributed by atoms with van der Waals surface area (Å²) in [6, 6.07) is 13.9. The fourth-order valence-corrected chi connectivity index (χ4v) is 8.18. The summed E-state index contributed by atoms with van der Waals surface area (Å²) in [5, 5.41) is 10.1. The summed E-state index contributed by atoms with van der Waals surface area (Å²) in [6.07, 6.45) is 4.07. The average Bonchev–Trinajstić information content (AvgIpc) is 3.84. The number of urea groups is 1. The number of fused-ring (bicyclic) bond motifs is 2. The van der Waals surface area contributed by atoms with Crippen molar-refractivity contribution in [1.29, 1.82) is 0 Å². The molecule has 13 nitrogen and oxygen atoms in total. The van der Waals surface area contributed by atoms with Crippen LogP contribution in [0.5, 0.6) is 5.88 Å². The van der Waals surface area contributed by atoms with Gasteiger partial charge in [0.15, 0.2) is 5.65 Å². The zero-order chi connectivity index (χ0) is 34.9. The Morgan fingerprint density at radius 1 is 1.04 bits per heavy atom. The fourth-order valence-electron chi connectivity index (χ4n) is 7.86. The Bertz CT molecular complexity index is 2360. The molecule has 1 aliphatic carbocycles. The van der Waals surface area contributed by atoms with Crippen molar-refractivity contribution in [2.45, 2.75) is 37.8 Å². The lowest BCUT2D eigenvalue weighted by molar-refractivity contribution is 0.219. The number of methoxy groups -OCH3 is 1. The molecule has 3 N–H and O–H groups in total. The van der Waals surface area contributed by atoms with Crippen LogP contribution in [0.1, 0.15) is 35.6 Å². The van der Waals surface area contributed by atoms with Gasteiger partial charge in [0, 0.05) is 62.1 Å². The molecule has 50 heavy (non-hydrogen) atoms. The Balaban J connectivity index is 1.13. The van der Waals surface area contributed by atoms with Crippen molar-refractivity contribution in [1.82, 2.24) is 39.6 Å². The molecule has 2 saturated heterocycles. The summed E-state index contributed by atoms with van der Waals surface area (Å²) < 4.78 is 8.30. The number of carbonyl (C=O) groups excluding carboxylic acids is 1. The molecular weight excluding hydrogens is 658 g/mol. The Labute approximate surface area is 292 Å². The molecule has 2 atom stereocenters. The van der Waals surface area contributed by atoms with Gasteiger partial charge >= 0.3 is 11.7 Å². The molecule has 2 amide bonds. The van der Waals surface area contributed by atoms with Crippen LogP contribution in [0.2, 0.25) is 5.02 Å². The van der Waals surface area contributed by atoms with Crippen molar-refractivity contribution in [3.63, 3.8) is 0 Å². The molecule has 0 bridgehead atoms. The van der Waals surface area contributed by atoms with E-state index in [2.05, 4.69) is 36.9 Å². The largest absolute Gasteiger partial charge is 0.481 e. The third kappa shape index (κ3) is 5.02. The van der Waals surface area contributed by atoms with Crippen LogP contribution in [0.3, 0.4) is 0 Å². The second-order valence-electron chi connectivity index (χ2n) is 13.3. The summed E-state index contributed by atoms with van der Waals surface area (Å²) in [5.74, 6) is 0.895. The summed E-state index contributed by atoms with van der Waals surface area (Å²) in [5.41, 5.74) is 6.23. The highest BCUT2D eigenvalue weighted by molar-refractivity contribution is 6.36. The molecule has 3 aromatic heterocycles. The maximum atomic E-state index is 13.1. The maximum absolute atomic E-state index is 13.1. The van der Waals surface area contributed by atoms with Gasteiger partial charge in [0.2, 0.25) is 5.88 Å². The first-order valence-corrected chi connectivity index (χ1v) is 16.9. The topological polar surface area (TPSA) is 148 Å². The van der Waals surface area contributed by atoms with Crippen LogP contribution in [0.4, 0.5) is 16.3 Å². The number of hydrogen-bond donors (Lipinski definition) is 3. The van der Waals surface area contributed by atoms with Crippen molar-refractivity contribution in [3.8, 4) is 28.3 Å². The first kappa shape index (κ1) is 32.0. The molecule has 1 spiro atoms. The number of ether oxygens (including phenoxy) is 1. The van der Waals surface area contributed by atoms with E-state index in [1.165, 1.54) is 23.5 Å². The molecule has 8 rings (SSSR count). The molecule has 3 aliphatic rings. The average molecular weight is 694 g/mol. The summed E-state index contributed by atoms with van der Waals surface area (Å²) in [7, 11) is 4.66. The highest BCUT2D eigenvalue weighted by Gasteiger charge is 2.46. The number of pyridine rings is 1. The molecule has 0 unspecified atom stereocenters.